The van der Waals surface area contributed by atoms with Crippen molar-refractivity contribution < 1.29 is 23.8 Å². The van der Waals surface area contributed by atoms with Crippen molar-refractivity contribution in [3.63, 3.8) is 0 Å². The zero-order chi connectivity index (χ0) is 21.9. The minimum Gasteiger partial charge on any atom is -0.497 e. The van der Waals surface area contributed by atoms with E-state index in [1.807, 2.05) is 43.9 Å². The van der Waals surface area contributed by atoms with E-state index in [9.17, 15) is 9.59 Å². The maximum absolute atomic E-state index is 13.4. The molecule has 2 fully saturated rings. The average molecular weight is 419 g/mol. The van der Waals surface area contributed by atoms with Gasteiger partial charge in [0.15, 0.2) is 0 Å². The molecule has 2 aliphatic heterocycles. The Morgan fingerprint density at radius 1 is 1.03 bits per heavy atom. The number of carbonyl (C=O) groups is 2. The van der Waals surface area contributed by atoms with Crippen LogP contribution in [0.3, 0.4) is 0 Å². The summed E-state index contributed by atoms with van der Waals surface area (Å²) in [6.45, 7) is 7.34. The van der Waals surface area contributed by atoms with E-state index < -0.39 is 5.60 Å². The first kappa shape index (κ1) is 22.2. The van der Waals surface area contributed by atoms with Crippen molar-refractivity contribution in [3.8, 4) is 11.5 Å². The molecule has 2 aliphatic rings. The summed E-state index contributed by atoms with van der Waals surface area (Å²) < 4.78 is 16.4. The van der Waals surface area contributed by atoms with Gasteiger partial charge >= 0.3 is 6.09 Å². The molecule has 2 heterocycles. The minimum atomic E-state index is -0.543. The standard InChI is InChI=1S/C23H34N2O5/c1-23(2,3)30-22(27)24-12-6-8-16(15-24)21(26)25-13-7-9-19(25)18-11-10-17(28-4)14-20(18)29-5/h10-11,14,16,19H,6-9,12-13,15H2,1-5H3/t16-,19-/m1/s1. The van der Waals surface area contributed by atoms with Gasteiger partial charge in [-0.3, -0.25) is 4.79 Å². The second-order valence-corrected chi connectivity index (χ2v) is 9.06. The van der Waals surface area contributed by atoms with Crippen LogP contribution in [-0.2, 0) is 9.53 Å². The Morgan fingerprint density at radius 3 is 2.43 bits per heavy atom. The maximum Gasteiger partial charge on any atom is 0.410 e. The van der Waals surface area contributed by atoms with Crippen molar-refractivity contribution in [3.05, 3.63) is 23.8 Å². The Kier molecular flexibility index (Phi) is 6.78. The third-order valence-corrected chi connectivity index (χ3v) is 5.76. The van der Waals surface area contributed by atoms with E-state index >= 15 is 0 Å². The molecule has 0 unspecified atom stereocenters. The third-order valence-electron chi connectivity index (χ3n) is 5.76. The SMILES string of the molecule is COc1ccc([C@H]2CCCN2C(=O)[C@@H]2CCCN(C(=O)OC(C)(C)C)C2)c(OC)c1. The topological polar surface area (TPSA) is 68.3 Å². The fraction of sp³-hybridized carbons (Fsp3) is 0.652. The van der Waals surface area contributed by atoms with E-state index in [0.717, 1.165) is 49.3 Å². The molecule has 0 spiro atoms. The number of rotatable bonds is 4. The van der Waals surface area contributed by atoms with Gasteiger partial charge in [-0.1, -0.05) is 0 Å². The lowest BCUT2D eigenvalue weighted by Crippen LogP contribution is -2.47. The zero-order valence-electron chi connectivity index (χ0n) is 18.8. The Bertz CT molecular complexity index is 773. The Balaban J connectivity index is 1.73. The molecule has 3 rings (SSSR count). The van der Waals surface area contributed by atoms with E-state index in [1.54, 1.807) is 19.1 Å². The highest BCUT2D eigenvalue weighted by atomic mass is 16.6. The van der Waals surface area contributed by atoms with Crippen LogP contribution in [0.5, 0.6) is 11.5 Å². The smallest absolute Gasteiger partial charge is 0.410 e. The van der Waals surface area contributed by atoms with Crippen molar-refractivity contribution in [1.29, 1.82) is 0 Å². The molecule has 0 N–H and O–H groups in total. The first-order chi connectivity index (χ1) is 14.2. The monoisotopic (exact) mass is 418 g/mol. The molecule has 2 amide bonds. The minimum absolute atomic E-state index is 0.0183. The molecule has 2 atom stereocenters. The molecule has 0 aliphatic carbocycles. The average Bonchev–Trinajstić information content (AvgIpc) is 3.21. The Labute approximate surface area is 179 Å². The van der Waals surface area contributed by atoms with E-state index in [-0.39, 0.29) is 24.0 Å². The van der Waals surface area contributed by atoms with Crippen LogP contribution in [-0.4, -0.2) is 61.3 Å². The molecule has 166 valence electrons. The normalized spacial score (nSPS) is 22.0. The third kappa shape index (κ3) is 4.99. The number of hydrogen-bond acceptors (Lipinski definition) is 5. The second kappa shape index (κ2) is 9.14. The van der Waals surface area contributed by atoms with Gasteiger partial charge in [0.2, 0.25) is 5.91 Å². The molecular formula is C23H34N2O5. The maximum atomic E-state index is 13.4. The highest BCUT2D eigenvalue weighted by Crippen LogP contribution is 2.40. The molecule has 0 saturated carbocycles. The number of piperidine rings is 1. The van der Waals surface area contributed by atoms with Gasteiger partial charge in [-0.2, -0.15) is 0 Å². The fourth-order valence-electron chi connectivity index (χ4n) is 4.35. The van der Waals surface area contributed by atoms with Crippen LogP contribution in [0.4, 0.5) is 4.79 Å². The van der Waals surface area contributed by atoms with Crippen molar-refractivity contribution in [2.24, 2.45) is 5.92 Å². The first-order valence-corrected chi connectivity index (χ1v) is 10.7. The second-order valence-electron chi connectivity index (χ2n) is 9.06. The van der Waals surface area contributed by atoms with Crippen LogP contribution >= 0.6 is 0 Å². The molecule has 0 bridgehead atoms. The number of likely N-dealkylation sites (tertiary alicyclic amines) is 2. The predicted molar refractivity (Wildman–Crippen MR) is 114 cm³/mol. The molecule has 7 nitrogen and oxygen atoms in total. The lowest BCUT2D eigenvalue weighted by atomic mass is 9.95. The van der Waals surface area contributed by atoms with Crippen molar-refractivity contribution in [2.75, 3.05) is 33.9 Å². The van der Waals surface area contributed by atoms with E-state index in [2.05, 4.69) is 0 Å². The quantitative estimate of drug-likeness (QED) is 0.739. The van der Waals surface area contributed by atoms with Crippen LogP contribution in [0.1, 0.15) is 58.1 Å². The zero-order valence-corrected chi connectivity index (χ0v) is 18.8. The van der Waals surface area contributed by atoms with Crippen LogP contribution < -0.4 is 9.47 Å². The number of hydrogen-bond donors (Lipinski definition) is 0. The summed E-state index contributed by atoms with van der Waals surface area (Å²) in [6, 6.07) is 5.74. The summed E-state index contributed by atoms with van der Waals surface area (Å²) in [5, 5.41) is 0. The molecule has 0 radical (unpaired) electrons. The molecule has 2 saturated heterocycles. The summed E-state index contributed by atoms with van der Waals surface area (Å²) in [5.74, 6) is 1.38. The summed E-state index contributed by atoms with van der Waals surface area (Å²) in [5.41, 5.74) is 0.461. The summed E-state index contributed by atoms with van der Waals surface area (Å²) in [7, 11) is 3.26. The van der Waals surface area contributed by atoms with Crippen molar-refractivity contribution >= 4 is 12.0 Å². The lowest BCUT2D eigenvalue weighted by molar-refractivity contribution is -0.138. The Hall–Kier alpha value is -2.44. The van der Waals surface area contributed by atoms with Gasteiger partial charge in [0.05, 0.1) is 26.2 Å². The highest BCUT2D eigenvalue weighted by molar-refractivity contribution is 5.81. The molecular weight excluding hydrogens is 384 g/mol. The highest BCUT2D eigenvalue weighted by Gasteiger charge is 2.38. The van der Waals surface area contributed by atoms with Crippen molar-refractivity contribution in [1.82, 2.24) is 9.80 Å². The van der Waals surface area contributed by atoms with E-state index in [0.29, 0.717) is 13.1 Å². The number of benzene rings is 1. The lowest BCUT2D eigenvalue weighted by Gasteiger charge is -2.36. The first-order valence-electron chi connectivity index (χ1n) is 10.7. The van der Waals surface area contributed by atoms with Gasteiger partial charge in [-0.25, -0.2) is 4.79 Å². The number of amides is 2. The summed E-state index contributed by atoms with van der Waals surface area (Å²) in [6.07, 6.45) is 3.11. The van der Waals surface area contributed by atoms with Crippen LogP contribution in [0.2, 0.25) is 0 Å². The van der Waals surface area contributed by atoms with Crippen LogP contribution in [0.25, 0.3) is 0 Å². The largest absolute Gasteiger partial charge is 0.497 e. The molecule has 1 aromatic carbocycles. The number of carbonyl (C=O) groups excluding carboxylic acids is 2. The van der Waals surface area contributed by atoms with E-state index in [1.165, 1.54) is 0 Å². The number of ether oxygens (including phenoxy) is 3. The molecule has 0 aromatic heterocycles. The fourth-order valence-corrected chi connectivity index (χ4v) is 4.35. The Morgan fingerprint density at radius 2 is 1.77 bits per heavy atom. The van der Waals surface area contributed by atoms with Gasteiger partial charge in [0.1, 0.15) is 17.1 Å². The van der Waals surface area contributed by atoms with Crippen molar-refractivity contribution in [2.45, 2.75) is 58.1 Å². The number of methoxy groups -OCH3 is 2. The van der Waals surface area contributed by atoms with Gasteiger partial charge in [-0.05, 0) is 58.6 Å². The van der Waals surface area contributed by atoms with Gasteiger partial charge in [0, 0.05) is 31.3 Å². The molecule has 7 heteroatoms. The van der Waals surface area contributed by atoms with Gasteiger partial charge in [-0.15, -0.1) is 0 Å². The van der Waals surface area contributed by atoms with Gasteiger partial charge < -0.3 is 24.0 Å². The van der Waals surface area contributed by atoms with Gasteiger partial charge in [0.25, 0.3) is 0 Å². The summed E-state index contributed by atoms with van der Waals surface area (Å²) >= 11 is 0. The summed E-state index contributed by atoms with van der Waals surface area (Å²) in [4.78, 5) is 29.6. The predicted octanol–water partition coefficient (Wildman–Crippen LogP) is 4.01. The number of nitrogens with zero attached hydrogens (tertiary/aromatic N) is 2. The molecule has 30 heavy (non-hydrogen) atoms. The molecule has 1 aromatic rings. The van der Waals surface area contributed by atoms with Crippen LogP contribution in [0.15, 0.2) is 18.2 Å². The van der Waals surface area contributed by atoms with E-state index in [4.69, 9.17) is 14.2 Å². The van der Waals surface area contributed by atoms with Crippen LogP contribution in [0, 0.1) is 5.92 Å².